The molecule has 2 aromatic carbocycles. The first kappa shape index (κ1) is 15.1. The van der Waals surface area contributed by atoms with E-state index in [9.17, 15) is 10.0 Å². The van der Waals surface area contributed by atoms with Crippen molar-refractivity contribution in [2.75, 3.05) is 12.4 Å². The molecule has 21 heavy (non-hydrogen) atoms. The summed E-state index contributed by atoms with van der Waals surface area (Å²) in [6.07, 6.45) is 0. The Kier molecular flexibility index (Phi) is 4.99. The number of rotatable bonds is 3. The molecule has 0 radical (unpaired) electrons. The van der Waals surface area contributed by atoms with Gasteiger partial charge in [0.1, 0.15) is 5.69 Å². The molecule has 0 fully saturated rings. The molecule has 0 aliphatic rings. The molecule has 0 aromatic heterocycles. The number of thiocarbonyl (C=S) groups is 1. The Morgan fingerprint density at radius 2 is 1.71 bits per heavy atom. The first-order valence-electron chi connectivity index (χ1n) is 6.34. The zero-order valence-electron chi connectivity index (χ0n) is 11.4. The summed E-state index contributed by atoms with van der Waals surface area (Å²) in [5, 5.41) is 16.9. The van der Waals surface area contributed by atoms with Crippen molar-refractivity contribution in [3.63, 3.8) is 0 Å². The van der Waals surface area contributed by atoms with Gasteiger partial charge in [-0.1, -0.05) is 18.2 Å². The lowest BCUT2D eigenvalue weighted by atomic mass is 10.2. The van der Waals surface area contributed by atoms with Gasteiger partial charge in [-0.3, -0.25) is 10.1 Å². The number of benzene rings is 2. The van der Waals surface area contributed by atoms with E-state index >= 15 is 0 Å². The van der Waals surface area contributed by atoms with Crippen LogP contribution in [0.15, 0.2) is 54.6 Å². The van der Waals surface area contributed by atoms with E-state index in [0.29, 0.717) is 16.9 Å². The number of hydrogen-bond donors (Lipinski definition) is 3. The van der Waals surface area contributed by atoms with Crippen LogP contribution in [0.5, 0.6) is 0 Å². The lowest BCUT2D eigenvalue weighted by Crippen LogP contribution is -2.98. The minimum atomic E-state index is -0.270. The molecule has 1 amide bonds. The van der Waals surface area contributed by atoms with E-state index in [0.717, 1.165) is 0 Å². The van der Waals surface area contributed by atoms with Crippen molar-refractivity contribution in [3.05, 3.63) is 65.4 Å². The summed E-state index contributed by atoms with van der Waals surface area (Å²) < 4.78 is 0. The minimum absolute atomic E-state index is 0.00140. The van der Waals surface area contributed by atoms with Crippen LogP contribution in [0.1, 0.15) is 10.4 Å². The molecule has 1 atom stereocenters. The van der Waals surface area contributed by atoms with Gasteiger partial charge in [-0.15, -0.1) is 0 Å². The highest BCUT2D eigenvalue weighted by molar-refractivity contribution is 7.80. The number of nitrogens with one attached hydrogen (secondary N) is 3. The minimum Gasteiger partial charge on any atom is -0.629 e. The van der Waals surface area contributed by atoms with Crippen LogP contribution >= 0.6 is 12.2 Å². The molecule has 3 N–H and O–H groups in total. The fourth-order valence-electron chi connectivity index (χ4n) is 1.72. The normalized spacial score (nSPS) is 11.5. The summed E-state index contributed by atoms with van der Waals surface area (Å²) in [5.41, 5.74) is 1.87. The molecule has 0 aliphatic heterocycles. The average molecular weight is 301 g/mol. The van der Waals surface area contributed by atoms with Crippen molar-refractivity contribution < 1.29 is 9.86 Å². The quantitative estimate of drug-likeness (QED) is 0.593. The molecule has 5 nitrogen and oxygen atoms in total. The molecule has 0 bridgehead atoms. The third kappa shape index (κ3) is 4.35. The van der Waals surface area contributed by atoms with Gasteiger partial charge in [-0.2, -0.15) is 0 Å². The number of carbonyl (C=O) groups excluding carboxylic acids is 1. The zero-order valence-corrected chi connectivity index (χ0v) is 12.2. The topological polar surface area (TPSA) is 68.6 Å². The van der Waals surface area contributed by atoms with Gasteiger partial charge < -0.3 is 15.6 Å². The molecule has 2 rings (SSSR count). The summed E-state index contributed by atoms with van der Waals surface area (Å²) in [4.78, 5) is 11.9. The highest BCUT2D eigenvalue weighted by atomic mass is 32.1. The van der Waals surface area contributed by atoms with Crippen LogP contribution in [0.3, 0.4) is 0 Å². The van der Waals surface area contributed by atoms with Gasteiger partial charge in [0.2, 0.25) is 0 Å². The molecule has 0 heterocycles. The summed E-state index contributed by atoms with van der Waals surface area (Å²) in [6, 6.07) is 15.7. The summed E-state index contributed by atoms with van der Waals surface area (Å²) >= 11 is 5.09. The third-order valence-corrected chi connectivity index (χ3v) is 3.02. The molecule has 2 aromatic rings. The van der Waals surface area contributed by atoms with E-state index in [1.165, 1.54) is 7.05 Å². The van der Waals surface area contributed by atoms with E-state index in [-0.39, 0.29) is 16.1 Å². The van der Waals surface area contributed by atoms with Crippen LogP contribution in [-0.4, -0.2) is 18.1 Å². The number of anilines is 1. The average Bonchev–Trinajstić information content (AvgIpc) is 2.48. The van der Waals surface area contributed by atoms with Gasteiger partial charge >= 0.3 is 0 Å². The maximum absolute atomic E-state index is 11.9. The second-order valence-electron chi connectivity index (χ2n) is 4.41. The number of amides is 1. The van der Waals surface area contributed by atoms with Crippen molar-refractivity contribution >= 4 is 34.6 Å². The van der Waals surface area contributed by atoms with E-state index in [4.69, 9.17) is 12.2 Å². The van der Waals surface area contributed by atoms with Gasteiger partial charge in [0.05, 0.1) is 7.05 Å². The Bertz CT molecular complexity index is 627. The fourth-order valence-corrected chi connectivity index (χ4v) is 1.93. The maximum atomic E-state index is 11.9. The van der Waals surface area contributed by atoms with Crippen LogP contribution in [0.25, 0.3) is 0 Å². The molecule has 108 valence electrons. The van der Waals surface area contributed by atoms with Crippen LogP contribution in [0.4, 0.5) is 11.4 Å². The molecule has 0 saturated heterocycles. The van der Waals surface area contributed by atoms with Crippen LogP contribution in [0, 0.1) is 5.21 Å². The predicted octanol–water partition coefficient (Wildman–Crippen LogP) is 1.46. The summed E-state index contributed by atoms with van der Waals surface area (Å²) in [7, 11) is 1.51. The summed E-state index contributed by atoms with van der Waals surface area (Å²) in [5.74, 6) is -0.270. The Hall–Kier alpha value is -2.28. The van der Waals surface area contributed by atoms with Crippen molar-refractivity contribution in [1.82, 2.24) is 5.32 Å². The number of quaternary nitrogens is 1. The molecule has 0 saturated carbocycles. The van der Waals surface area contributed by atoms with Crippen molar-refractivity contribution in [1.29, 1.82) is 0 Å². The lowest BCUT2D eigenvalue weighted by Gasteiger charge is -2.16. The van der Waals surface area contributed by atoms with Gasteiger partial charge in [0, 0.05) is 23.4 Å². The first-order chi connectivity index (χ1) is 10.1. The standard InChI is InChI=1S/C15H15N3O2S/c1-18(20)13-9-7-12(8-10-13)16-15(21)17-14(19)11-5-3-2-4-6-11/h2-10,18H,1H3,(H2,16,17,19,21). The number of carbonyl (C=O) groups is 1. The monoisotopic (exact) mass is 301 g/mol. The van der Waals surface area contributed by atoms with Gasteiger partial charge in [-0.25, -0.2) is 0 Å². The largest absolute Gasteiger partial charge is 0.629 e. The smallest absolute Gasteiger partial charge is 0.257 e. The van der Waals surface area contributed by atoms with Crippen LogP contribution < -0.4 is 15.7 Å². The van der Waals surface area contributed by atoms with Crippen LogP contribution in [0.2, 0.25) is 0 Å². The zero-order chi connectivity index (χ0) is 15.2. The molecular weight excluding hydrogens is 286 g/mol. The Morgan fingerprint density at radius 3 is 2.29 bits per heavy atom. The van der Waals surface area contributed by atoms with E-state index in [2.05, 4.69) is 10.6 Å². The highest BCUT2D eigenvalue weighted by Crippen LogP contribution is 2.10. The molecule has 1 unspecified atom stereocenters. The maximum Gasteiger partial charge on any atom is 0.257 e. The second-order valence-corrected chi connectivity index (χ2v) is 4.82. The molecule has 0 spiro atoms. The van der Waals surface area contributed by atoms with E-state index in [1.807, 2.05) is 6.07 Å². The second kappa shape index (κ2) is 6.94. The Balaban J connectivity index is 1.94. The Morgan fingerprint density at radius 1 is 1.10 bits per heavy atom. The van der Waals surface area contributed by atoms with E-state index in [1.54, 1.807) is 48.5 Å². The predicted molar refractivity (Wildman–Crippen MR) is 86.5 cm³/mol. The van der Waals surface area contributed by atoms with Crippen molar-refractivity contribution in [2.24, 2.45) is 0 Å². The van der Waals surface area contributed by atoms with Gasteiger partial charge in [-0.05, 0) is 36.5 Å². The lowest BCUT2D eigenvalue weighted by molar-refractivity contribution is -0.751. The van der Waals surface area contributed by atoms with Crippen LogP contribution in [-0.2, 0) is 0 Å². The SMILES string of the molecule is C[NH+]([O-])c1ccc(NC(=S)NC(=O)c2ccccc2)cc1. The summed E-state index contributed by atoms with van der Waals surface area (Å²) in [6.45, 7) is 0. The fraction of sp³-hybridized carbons (Fsp3) is 0.0667. The third-order valence-electron chi connectivity index (χ3n) is 2.81. The van der Waals surface area contributed by atoms with Crippen molar-refractivity contribution in [3.8, 4) is 0 Å². The van der Waals surface area contributed by atoms with Crippen molar-refractivity contribution in [2.45, 2.75) is 0 Å². The Labute approximate surface area is 128 Å². The highest BCUT2D eigenvalue weighted by Gasteiger charge is 2.07. The van der Waals surface area contributed by atoms with Gasteiger partial charge in [0.15, 0.2) is 5.11 Å². The molecule has 6 heteroatoms. The number of hydrogen-bond acceptors (Lipinski definition) is 3. The molecule has 0 aliphatic carbocycles. The number of hydroxylamine groups is 1. The van der Waals surface area contributed by atoms with E-state index < -0.39 is 0 Å². The van der Waals surface area contributed by atoms with Gasteiger partial charge in [0.25, 0.3) is 5.91 Å². The molecular formula is C15H15N3O2S. The first-order valence-corrected chi connectivity index (χ1v) is 6.75.